The van der Waals surface area contributed by atoms with Crippen LogP contribution in [0.25, 0.3) is 10.8 Å². The number of ether oxygens (including phenoxy) is 2. The van der Waals surface area contributed by atoms with Gasteiger partial charge in [0.25, 0.3) is 0 Å². The number of hydrogen-bond acceptors (Lipinski definition) is 2. The molecule has 1 fully saturated rings. The van der Waals surface area contributed by atoms with Crippen LogP contribution in [-0.4, -0.2) is 13.2 Å². The summed E-state index contributed by atoms with van der Waals surface area (Å²) in [7, 11) is 0. The number of fused-ring (bicyclic) bond motifs is 1. The molecule has 0 aromatic heterocycles. The van der Waals surface area contributed by atoms with Crippen LogP contribution in [0, 0.1) is 6.10 Å². The highest BCUT2D eigenvalue weighted by molar-refractivity contribution is 5.89. The van der Waals surface area contributed by atoms with E-state index in [1.54, 1.807) is 0 Å². The Kier molecular flexibility index (Phi) is 3.69. The lowest BCUT2D eigenvalue weighted by Crippen LogP contribution is -2.04. The Morgan fingerprint density at radius 3 is 2.84 bits per heavy atom. The molecule has 3 rings (SSSR count). The van der Waals surface area contributed by atoms with Crippen LogP contribution in [0.3, 0.4) is 0 Å². The van der Waals surface area contributed by atoms with Crippen LogP contribution < -0.4 is 4.74 Å². The van der Waals surface area contributed by atoms with Gasteiger partial charge in [-0.2, -0.15) is 0 Å². The second kappa shape index (κ2) is 5.62. The molecule has 1 radical (unpaired) electrons. The molecule has 99 valence electrons. The predicted octanol–water partition coefficient (Wildman–Crippen LogP) is 4.32. The van der Waals surface area contributed by atoms with Crippen LogP contribution in [-0.2, 0) is 4.74 Å². The fourth-order valence-corrected chi connectivity index (χ4v) is 2.57. The summed E-state index contributed by atoms with van der Waals surface area (Å²) >= 11 is 0. The normalized spacial score (nSPS) is 16.1. The van der Waals surface area contributed by atoms with E-state index in [-0.39, 0.29) is 0 Å². The lowest BCUT2D eigenvalue weighted by atomic mass is 9.97. The molecule has 0 aliphatic carbocycles. The Balaban J connectivity index is 2.10. The minimum absolute atomic E-state index is 0.749. The maximum absolute atomic E-state index is 5.91. The summed E-state index contributed by atoms with van der Waals surface area (Å²) in [5.74, 6) is 0.956. The molecule has 0 spiro atoms. The molecule has 1 saturated heterocycles. The van der Waals surface area contributed by atoms with Gasteiger partial charge in [-0.05, 0) is 36.1 Å². The molecule has 0 atom stereocenters. The van der Waals surface area contributed by atoms with E-state index in [0.717, 1.165) is 49.9 Å². The standard InChI is InChI=1S/C17H19O2/c1-2-11-18-16-10-9-13-6-3-4-7-14(13)17(16)15-8-5-12-19-15/h3-4,6-7,9-10H,2,5,8,11-12H2,1H3. The topological polar surface area (TPSA) is 18.5 Å². The van der Waals surface area contributed by atoms with Crippen LogP contribution in [0.5, 0.6) is 5.75 Å². The van der Waals surface area contributed by atoms with Crippen molar-refractivity contribution in [1.82, 2.24) is 0 Å². The van der Waals surface area contributed by atoms with E-state index in [4.69, 9.17) is 9.47 Å². The summed E-state index contributed by atoms with van der Waals surface area (Å²) in [5, 5.41) is 2.47. The second-order valence-electron chi connectivity index (χ2n) is 4.88. The molecule has 1 aliphatic rings. The molecular formula is C17H19O2. The lowest BCUT2D eigenvalue weighted by Gasteiger charge is -2.17. The fourth-order valence-electron chi connectivity index (χ4n) is 2.57. The van der Waals surface area contributed by atoms with E-state index in [9.17, 15) is 0 Å². The van der Waals surface area contributed by atoms with Gasteiger partial charge >= 0.3 is 0 Å². The quantitative estimate of drug-likeness (QED) is 0.810. The average molecular weight is 255 g/mol. The summed E-state index contributed by atoms with van der Waals surface area (Å²) < 4.78 is 11.7. The van der Waals surface area contributed by atoms with E-state index in [1.807, 2.05) is 0 Å². The molecule has 2 heteroatoms. The van der Waals surface area contributed by atoms with Gasteiger partial charge in [0.2, 0.25) is 0 Å². The molecule has 2 nitrogen and oxygen atoms in total. The summed E-state index contributed by atoms with van der Waals surface area (Å²) in [6.07, 6.45) is 4.22. The van der Waals surface area contributed by atoms with Gasteiger partial charge in [0, 0.05) is 12.2 Å². The Hall–Kier alpha value is -1.54. The van der Waals surface area contributed by atoms with Crippen LogP contribution in [0.15, 0.2) is 36.4 Å². The van der Waals surface area contributed by atoms with E-state index in [0.29, 0.717) is 0 Å². The van der Waals surface area contributed by atoms with Crippen molar-refractivity contribution in [1.29, 1.82) is 0 Å². The van der Waals surface area contributed by atoms with Crippen molar-refractivity contribution in [3.8, 4) is 5.75 Å². The first-order chi connectivity index (χ1) is 9.40. The predicted molar refractivity (Wildman–Crippen MR) is 77.3 cm³/mol. The molecule has 0 amide bonds. The Bertz CT molecular complexity index is 556. The van der Waals surface area contributed by atoms with Crippen LogP contribution in [0.1, 0.15) is 31.7 Å². The summed E-state index contributed by atoms with van der Waals surface area (Å²) in [5.41, 5.74) is 1.16. The van der Waals surface area contributed by atoms with Gasteiger partial charge in [-0.25, -0.2) is 0 Å². The molecule has 2 aromatic rings. The van der Waals surface area contributed by atoms with Gasteiger partial charge in [-0.1, -0.05) is 37.3 Å². The van der Waals surface area contributed by atoms with Crippen LogP contribution >= 0.6 is 0 Å². The van der Waals surface area contributed by atoms with Crippen molar-refractivity contribution in [2.45, 2.75) is 26.2 Å². The first kappa shape index (κ1) is 12.5. The molecule has 0 bridgehead atoms. The van der Waals surface area contributed by atoms with Crippen molar-refractivity contribution in [3.05, 3.63) is 48.1 Å². The zero-order valence-corrected chi connectivity index (χ0v) is 11.3. The summed E-state index contributed by atoms with van der Waals surface area (Å²) in [6.45, 7) is 3.70. The lowest BCUT2D eigenvalue weighted by molar-refractivity contribution is 0.212. The van der Waals surface area contributed by atoms with Crippen LogP contribution in [0.4, 0.5) is 0 Å². The first-order valence-corrected chi connectivity index (χ1v) is 7.03. The molecule has 2 aromatic carbocycles. The van der Waals surface area contributed by atoms with Gasteiger partial charge in [-0.3, -0.25) is 0 Å². The summed E-state index contributed by atoms with van der Waals surface area (Å²) in [6, 6.07) is 12.6. The monoisotopic (exact) mass is 255 g/mol. The molecule has 0 unspecified atom stereocenters. The zero-order valence-electron chi connectivity index (χ0n) is 11.3. The van der Waals surface area contributed by atoms with Gasteiger partial charge in [0.15, 0.2) is 0 Å². The smallest absolute Gasteiger partial charge is 0.130 e. The highest BCUT2D eigenvalue weighted by Gasteiger charge is 2.24. The van der Waals surface area contributed by atoms with E-state index < -0.39 is 0 Å². The van der Waals surface area contributed by atoms with Gasteiger partial charge in [0.1, 0.15) is 11.9 Å². The van der Waals surface area contributed by atoms with E-state index >= 15 is 0 Å². The maximum atomic E-state index is 5.91. The first-order valence-electron chi connectivity index (χ1n) is 7.03. The third-order valence-corrected chi connectivity index (χ3v) is 3.46. The van der Waals surface area contributed by atoms with Gasteiger partial charge in [-0.15, -0.1) is 0 Å². The SMILES string of the molecule is CCCOc1ccc2ccccc2c1[C]1CCCO1. The molecule has 0 N–H and O–H groups in total. The van der Waals surface area contributed by atoms with Crippen molar-refractivity contribution < 1.29 is 9.47 Å². The number of benzene rings is 2. The molecule has 1 heterocycles. The largest absolute Gasteiger partial charge is 0.493 e. The zero-order chi connectivity index (χ0) is 13.1. The Labute approximate surface area is 114 Å². The average Bonchev–Trinajstić information content (AvgIpc) is 2.98. The third-order valence-electron chi connectivity index (χ3n) is 3.46. The molecule has 0 saturated carbocycles. The van der Waals surface area contributed by atoms with Crippen molar-refractivity contribution in [2.24, 2.45) is 0 Å². The van der Waals surface area contributed by atoms with Crippen molar-refractivity contribution in [2.75, 3.05) is 13.2 Å². The van der Waals surface area contributed by atoms with Crippen LogP contribution in [0.2, 0.25) is 0 Å². The minimum Gasteiger partial charge on any atom is -0.493 e. The number of hydrogen-bond donors (Lipinski definition) is 0. The highest BCUT2D eigenvalue weighted by atomic mass is 16.5. The third kappa shape index (κ3) is 2.45. The highest BCUT2D eigenvalue weighted by Crippen LogP contribution is 2.39. The molecule has 1 aliphatic heterocycles. The molecule has 19 heavy (non-hydrogen) atoms. The van der Waals surface area contributed by atoms with Crippen molar-refractivity contribution >= 4 is 10.8 Å². The minimum atomic E-state index is 0.749. The Morgan fingerprint density at radius 1 is 1.16 bits per heavy atom. The van der Waals surface area contributed by atoms with Gasteiger partial charge in [0.05, 0.1) is 6.61 Å². The van der Waals surface area contributed by atoms with Crippen molar-refractivity contribution in [3.63, 3.8) is 0 Å². The second-order valence-corrected chi connectivity index (χ2v) is 4.88. The summed E-state index contributed by atoms with van der Waals surface area (Å²) in [4.78, 5) is 0. The Morgan fingerprint density at radius 2 is 2.05 bits per heavy atom. The number of rotatable bonds is 4. The van der Waals surface area contributed by atoms with E-state index in [1.165, 1.54) is 10.8 Å². The fraction of sp³-hybridized carbons (Fsp3) is 0.353. The maximum Gasteiger partial charge on any atom is 0.130 e. The molecular weight excluding hydrogens is 236 g/mol. The van der Waals surface area contributed by atoms with Gasteiger partial charge < -0.3 is 9.47 Å². The van der Waals surface area contributed by atoms with E-state index in [2.05, 4.69) is 43.3 Å².